The molecule has 0 aliphatic rings. The average molecular weight is 545 g/mol. The SMILES string of the molecule is CCCCCCCCOC(=O)c1ccccc1C(=O)OCCCCCCCC.c1ccc(-c2ccccc2)cc1. The molecule has 0 saturated heterocycles. The van der Waals surface area contributed by atoms with E-state index in [9.17, 15) is 9.59 Å². The van der Waals surface area contributed by atoms with Gasteiger partial charge in [0.1, 0.15) is 0 Å². The Kier molecular flexibility index (Phi) is 17.6. The zero-order valence-electron chi connectivity index (χ0n) is 24.6. The van der Waals surface area contributed by atoms with Crippen LogP contribution in [0.2, 0.25) is 0 Å². The zero-order valence-corrected chi connectivity index (χ0v) is 24.6. The van der Waals surface area contributed by atoms with E-state index in [1.54, 1.807) is 24.3 Å². The predicted molar refractivity (Wildman–Crippen MR) is 166 cm³/mol. The summed E-state index contributed by atoms with van der Waals surface area (Å²) < 4.78 is 10.7. The molecule has 0 amide bonds. The maximum absolute atomic E-state index is 12.4. The van der Waals surface area contributed by atoms with Gasteiger partial charge in [-0.3, -0.25) is 0 Å². The van der Waals surface area contributed by atoms with E-state index in [4.69, 9.17) is 9.47 Å². The molecule has 40 heavy (non-hydrogen) atoms. The van der Waals surface area contributed by atoms with E-state index in [0.717, 1.165) is 25.7 Å². The van der Waals surface area contributed by atoms with Crippen molar-refractivity contribution in [3.8, 4) is 11.1 Å². The fourth-order valence-electron chi connectivity index (χ4n) is 4.35. The minimum absolute atomic E-state index is 0.293. The standard InChI is InChI=1S/C24H38O4.C12H10/c1-3-5-7-9-11-15-19-27-23(25)21-17-13-14-18-22(21)24(26)28-20-16-12-10-8-6-4-2;1-3-7-11(8-4-1)12-9-5-2-6-10-12/h13-14,17-18H,3-12,15-16,19-20H2,1-2H3;1-10H. The number of unbranched alkanes of at least 4 members (excludes halogenated alkanes) is 10. The summed E-state index contributed by atoms with van der Waals surface area (Å²) in [5.74, 6) is -0.888. The Morgan fingerprint density at radius 1 is 0.450 bits per heavy atom. The van der Waals surface area contributed by atoms with E-state index in [0.29, 0.717) is 24.3 Å². The van der Waals surface area contributed by atoms with Gasteiger partial charge in [-0.05, 0) is 36.1 Å². The Bertz CT molecular complexity index is 976. The fourth-order valence-corrected chi connectivity index (χ4v) is 4.35. The van der Waals surface area contributed by atoms with Crippen molar-refractivity contribution in [2.24, 2.45) is 0 Å². The summed E-state index contributed by atoms with van der Waals surface area (Å²) >= 11 is 0. The molecule has 3 aromatic carbocycles. The van der Waals surface area contributed by atoms with Gasteiger partial charge < -0.3 is 9.47 Å². The third-order valence-electron chi connectivity index (χ3n) is 6.71. The van der Waals surface area contributed by atoms with Gasteiger partial charge in [-0.15, -0.1) is 0 Å². The Morgan fingerprint density at radius 3 is 1.15 bits per heavy atom. The van der Waals surface area contributed by atoms with Crippen LogP contribution in [0.15, 0.2) is 84.9 Å². The molecule has 0 N–H and O–H groups in total. The van der Waals surface area contributed by atoms with Gasteiger partial charge in [0.25, 0.3) is 0 Å². The van der Waals surface area contributed by atoms with E-state index in [1.165, 1.54) is 62.5 Å². The number of hydrogen-bond donors (Lipinski definition) is 0. The summed E-state index contributed by atoms with van der Waals surface area (Å²) in [7, 11) is 0. The maximum atomic E-state index is 12.4. The van der Waals surface area contributed by atoms with Gasteiger partial charge in [0.2, 0.25) is 0 Å². The van der Waals surface area contributed by atoms with E-state index >= 15 is 0 Å². The van der Waals surface area contributed by atoms with Crippen LogP contribution in [-0.4, -0.2) is 25.2 Å². The third kappa shape index (κ3) is 13.6. The molecule has 0 radical (unpaired) electrons. The van der Waals surface area contributed by atoms with E-state index in [2.05, 4.69) is 62.4 Å². The van der Waals surface area contributed by atoms with Gasteiger partial charge in [0, 0.05) is 0 Å². The Balaban J connectivity index is 0.000000382. The molecule has 4 nitrogen and oxygen atoms in total. The Morgan fingerprint density at radius 2 is 0.775 bits per heavy atom. The lowest BCUT2D eigenvalue weighted by molar-refractivity contribution is 0.0450. The zero-order chi connectivity index (χ0) is 28.7. The molecular formula is C36H48O4. The summed E-state index contributed by atoms with van der Waals surface area (Å²) in [6.07, 6.45) is 13.6. The van der Waals surface area contributed by atoms with E-state index in [-0.39, 0.29) is 0 Å². The van der Waals surface area contributed by atoms with Crippen LogP contribution in [0.1, 0.15) is 112 Å². The first-order valence-corrected chi connectivity index (χ1v) is 15.2. The normalized spacial score (nSPS) is 10.3. The van der Waals surface area contributed by atoms with Crippen LogP contribution in [0.4, 0.5) is 0 Å². The third-order valence-corrected chi connectivity index (χ3v) is 6.71. The lowest BCUT2D eigenvalue weighted by Crippen LogP contribution is -2.15. The minimum atomic E-state index is -0.444. The number of rotatable bonds is 17. The second kappa shape index (κ2) is 21.4. The monoisotopic (exact) mass is 544 g/mol. The molecule has 4 heteroatoms. The van der Waals surface area contributed by atoms with Crippen molar-refractivity contribution < 1.29 is 19.1 Å². The van der Waals surface area contributed by atoms with Crippen LogP contribution in [0, 0.1) is 0 Å². The van der Waals surface area contributed by atoms with Crippen LogP contribution >= 0.6 is 0 Å². The summed E-state index contributed by atoms with van der Waals surface area (Å²) in [5, 5.41) is 0. The maximum Gasteiger partial charge on any atom is 0.339 e. The molecule has 216 valence electrons. The van der Waals surface area contributed by atoms with Gasteiger partial charge in [0.15, 0.2) is 0 Å². The Labute approximate surface area is 242 Å². The average Bonchev–Trinajstić information content (AvgIpc) is 3.01. The highest BCUT2D eigenvalue weighted by Gasteiger charge is 2.18. The minimum Gasteiger partial charge on any atom is -0.462 e. The summed E-state index contributed by atoms with van der Waals surface area (Å²) in [6.45, 7) is 5.17. The van der Waals surface area contributed by atoms with Crippen molar-refractivity contribution in [3.63, 3.8) is 0 Å². The first-order chi connectivity index (χ1) is 19.7. The first kappa shape index (κ1) is 32.8. The van der Waals surface area contributed by atoms with Crippen LogP contribution in [0.5, 0.6) is 0 Å². The van der Waals surface area contributed by atoms with Gasteiger partial charge in [0.05, 0.1) is 24.3 Å². The molecule has 0 aliphatic heterocycles. The van der Waals surface area contributed by atoms with Crippen LogP contribution in [-0.2, 0) is 9.47 Å². The van der Waals surface area contributed by atoms with Crippen LogP contribution in [0.3, 0.4) is 0 Å². The number of carbonyl (C=O) groups excluding carboxylic acids is 2. The number of hydrogen-bond acceptors (Lipinski definition) is 4. The highest BCUT2D eigenvalue weighted by molar-refractivity contribution is 6.03. The van der Waals surface area contributed by atoms with Crippen LogP contribution < -0.4 is 0 Å². The van der Waals surface area contributed by atoms with Crippen molar-refractivity contribution >= 4 is 11.9 Å². The topological polar surface area (TPSA) is 52.6 Å². The van der Waals surface area contributed by atoms with Crippen LogP contribution in [0.25, 0.3) is 11.1 Å². The molecule has 0 saturated carbocycles. The molecule has 0 fully saturated rings. The second-order valence-corrected chi connectivity index (χ2v) is 10.1. The largest absolute Gasteiger partial charge is 0.462 e. The molecule has 0 spiro atoms. The molecular weight excluding hydrogens is 496 g/mol. The van der Waals surface area contributed by atoms with E-state index < -0.39 is 11.9 Å². The molecule has 0 aliphatic carbocycles. The molecule has 3 aromatic rings. The molecule has 0 aromatic heterocycles. The van der Waals surface area contributed by atoms with Gasteiger partial charge in [-0.2, -0.15) is 0 Å². The molecule has 0 atom stereocenters. The first-order valence-electron chi connectivity index (χ1n) is 15.2. The van der Waals surface area contributed by atoms with Gasteiger partial charge >= 0.3 is 11.9 Å². The van der Waals surface area contributed by atoms with Crippen molar-refractivity contribution in [2.45, 2.75) is 90.9 Å². The Hall–Kier alpha value is -3.40. The summed E-state index contributed by atoms with van der Waals surface area (Å²) in [6, 6.07) is 27.5. The number of carbonyl (C=O) groups is 2. The highest BCUT2D eigenvalue weighted by atomic mass is 16.5. The summed E-state index contributed by atoms with van der Waals surface area (Å²) in [5.41, 5.74) is 3.14. The number of benzene rings is 3. The molecule has 0 unspecified atom stereocenters. The lowest BCUT2D eigenvalue weighted by atomic mass is 10.1. The second-order valence-electron chi connectivity index (χ2n) is 10.1. The fraction of sp³-hybridized carbons (Fsp3) is 0.444. The van der Waals surface area contributed by atoms with Crippen molar-refractivity contribution in [1.29, 1.82) is 0 Å². The van der Waals surface area contributed by atoms with Gasteiger partial charge in [-0.1, -0.05) is 151 Å². The number of ether oxygens (including phenoxy) is 2. The smallest absolute Gasteiger partial charge is 0.339 e. The van der Waals surface area contributed by atoms with Crippen molar-refractivity contribution in [1.82, 2.24) is 0 Å². The molecule has 0 heterocycles. The van der Waals surface area contributed by atoms with E-state index in [1.807, 2.05) is 12.1 Å². The van der Waals surface area contributed by atoms with Crippen molar-refractivity contribution in [3.05, 3.63) is 96.1 Å². The predicted octanol–water partition coefficient (Wildman–Crippen LogP) is 10.1. The van der Waals surface area contributed by atoms with Crippen molar-refractivity contribution in [2.75, 3.05) is 13.2 Å². The number of esters is 2. The highest BCUT2D eigenvalue weighted by Crippen LogP contribution is 2.17. The molecule has 3 rings (SSSR count). The van der Waals surface area contributed by atoms with Gasteiger partial charge in [-0.25, -0.2) is 9.59 Å². The quantitative estimate of drug-likeness (QED) is 0.125. The molecule has 0 bridgehead atoms. The summed E-state index contributed by atoms with van der Waals surface area (Å²) in [4.78, 5) is 24.7. The lowest BCUT2D eigenvalue weighted by Gasteiger charge is -2.10.